The highest BCUT2D eigenvalue weighted by molar-refractivity contribution is 5.82. The van der Waals surface area contributed by atoms with Gasteiger partial charge in [-0.3, -0.25) is 0 Å². The largest absolute Gasteiger partial charge is 0.357 e. The van der Waals surface area contributed by atoms with Gasteiger partial charge in [0.05, 0.1) is 6.54 Å². The molecule has 138 valence electrons. The molecule has 0 spiro atoms. The van der Waals surface area contributed by atoms with Gasteiger partial charge in [-0.25, -0.2) is 9.98 Å². The summed E-state index contributed by atoms with van der Waals surface area (Å²) in [6, 6.07) is 4.30. The van der Waals surface area contributed by atoms with Crippen molar-refractivity contribution in [1.29, 1.82) is 0 Å². The van der Waals surface area contributed by atoms with E-state index in [2.05, 4.69) is 66.9 Å². The molecule has 0 amide bonds. The predicted octanol–water partition coefficient (Wildman–Crippen LogP) is 3.27. The zero-order valence-corrected chi connectivity index (χ0v) is 16.5. The molecular weight excluding hydrogens is 310 g/mol. The van der Waals surface area contributed by atoms with E-state index in [9.17, 15) is 0 Å². The second-order valence-corrected chi connectivity index (χ2v) is 8.42. The summed E-state index contributed by atoms with van der Waals surface area (Å²) in [6.07, 6.45) is 4.54. The third-order valence-electron chi connectivity index (χ3n) is 6.13. The number of guanidine groups is 1. The molecule has 1 N–H and O–H groups in total. The van der Waals surface area contributed by atoms with Gasteiger partial charge in [-0.1, -0.05) is 19.9 Å². The van der Waals surface area contributed by atoms with Crippen molar-refractivity contribution in [3.63, 3.8) is 0 Å². The fourth-order valence-electron chi connectivity index (χ4n) is 3.60. The Labute approximate surface area is 152 Å². The zero-order valence-electron chi connectivity index (χ0n) is 16.5. The topological polar surface area (TPSA) is 43.8 Å². The highest BCUT2D eigenvalue weighted by Gasteiger charge is 2.53. The summed E-state index contributed by atoms with van der Waals surface area (Å²) in [6.45, 7) is 16.2. The Bertz CT molecular complexity index is 611. The molecule has 0 unspecified atom stereocenters. The molecule has 2 saturated heterocycles. The Morgan fingerprint density at radius 3 is 2.44 bits per heavy atom. The molecule has 0 aliphatic carbocycles. The number of pyridine rings is 1. The van der Waals surface area contributed by atoms with Gasteiger partial charge in [-0.05, 0) is 45.2 Å². The standard InChI is InChI=1S/C20H33N5/c1-6-21-18(25-15-19(2,3)20(25,4)5)23-14-16-9-10-17(22-13-16)24-11-7-8-12-24/h9-10,13H,6-8,11-12,14-15H2,1-5H3,(H,21,23). The molecule has 3 rings (SSSR count). The summed E-state index contributed by atoms with van der Waals surface area (Å²) < 4.78 is 0. The van der Waals surface area contributed by atoms with Crippen LogP contribution in [0.25, 0.3) is 0 Å². The van der Waals surface area contributed by atoms with Crippen molar-refractivity contribution in [2.75, 3.05) is 31.1 Å². The monoisotopic (exact) mass is 343 g/mol. The Morgan fingerprint density at radius 1 is 1.20 bits per heavy atom. The minimum Gasteiger partial charge on any atom is -0.357 e. The number of likely N-dealkylation sites (tertiary alicyclic amines) is 1. The highest BCUT2D eigenvalue weighted by atomic mass is 15.4. The van der Waals surface area contributed by atoms with Crippen molar-refractivity contribution in [2.24, 2.45) is 10.4 Å². The van der Waals surface area contributed by atoms with Crippen LogP contribution in [0.1, 0.15) is 53.0 Å². The van der Waals surface area contributed by atoms with Gasteiger partial charge in [-0.15, -0.1) is 0 Å². The molecule has 0 radical (unpaired) electrons. The summed E-state index contributed by atoms with van der Waals surface area (Å²) in [5.41, 5.74) is 1.59. The van der Waals surface area contributed by atoms with Crippen LogP contribution in [0.4, 0.5) is 5.82 Å². The van der Waals surface area contributed by atoms with Crippen LogP contribution >= 0.6 is 0 Å². The van der Waals surface area contributed by atoms with Crippen molar-refractivity contribution in [2.45, 2.75) is 59.5 Å². The fraction of sp³-hybridized carbons (Fsp3) is 0.700. The van der Waals surface area contributed by atoms with Gasteiger partial charge in [0.15, 0.2) is 5.96 Å². The smallest absolute Gasteiger partial charge is 0.194 e. The summed E-state index contributed by atoms with van der Waals surface area (Å²) in [5.74, 6) is 2.11. The number of nitrogens with zero attached hydrogens (tertiary/aromatic N) is 4. The quantitative estimate of drug-likeness (QED) is 0.673. The SMILES string of the molecule is CCNC(=NCc1ccc(N2CCCC2)nc1)N1CC(C)(C)C1(C)C. The summed E-state index contributed by atoms with van der Waals surface area (Å²) >= 11 is 0. The van der Waals surface area contributed by atoms with Gasteiger partial charge in [-0.2, -0.15) is 0 Å². The van der Waals surface area contributed by atoms with Crippen LogP contribution in [0, 0.1) is 5.41 Å². The van der Waals surface area contributed by atoms with Gasteiger partial charge >= 0.3 is 0 Å². The van der Waals surface area contributed by atoms with E-state index in [1.54, 1.807) is 0 Å². The molecule has 3 heterocycles. The molecule has 2 aliphatic heterocycles. The second kappa shape index (κ2) is 6.85. The Kier molecular flexibility index (Phi) is 4.94. The van der Waals surface area contributed by atoms with Gasteiger partial charge in [0.2, 0.25) is 0 Å². The second-order valence-electron chi connectivity index (χ2n) is 8.42. The zero-order chi connectivity index (χ0) is 18.1. The van der Waals surface area contributed by atoms with Crippen molar-refractivity contribution in [3.8, 4) is 0 Å². The molecule has 25 heavy (non-hydrogen) atoms. The van der Waals surface area contributed by atoms with Crippen LogP contribution in [0.5, 0.6) is 0 Å². The summed E-state index contributed by atoms with van der Waals surface area (Å²) in [4.78, 5) is 14.3. The Morgan fingerprint density at radius 2 is 1.92 bits per heavy atom. The van der Waals surface area contributed by atoms with E-state index in [-0.39, 0.29) is 5.54 Å². The summed E-state index contributed by atoms with van der Waals surface area (Å²) in [7, 11) is 0. The van der Waals surface area contributed by atoms with E-state index in [0.717, 1.165) is 43.5 Å². The first-order valence-corrected chi connectivity index (χ1v) is 9.61. The molecule has 0 aromatic carbocycles. The molecule has 0 saturated carbocycles. The van der Waals surface area contributed by atoms with E-state index in [4.69, 9.17) is 4.99 Å². The average molecular weight is 344 g/mol. The van der Waals surface area contributed by atoms with Crippen LogP contribution in [0.15, 0.2) is 23.3 Å². The van der Waals surface area contributed by atoms with Gasteiger partial charge < -0.3 is 15.1 Å². The maximum atomic E-state index is 4.87. The molecule has 0 bridgehead atoms. The normalized spacial score (nSPS) is 22.0. The van der Waals surface area contributed by atoms with Crippen molar-refractivity contribution in [3.05, 3.63) is 23.9 Å². The van der Waals surface area contributed by atoms with Crippen LogP contribution in [0.2, 0.25) is 0 Å². The molecule has 2 fully saturated rings. The molecule has 1 aromatic rings. The molecular formula is C20H33N5. The van der Waals surface area contributed by atoms with Crippen LogP contribution in [-0.2, 0) is 6.54 Å². The third kappa shape index (κ3) is 3.46. The maximum Gasteiger partial charge on any atom is 0.194 e. The number of nitrogens with one attached hydrogen (secondary N) is 1. The van der Waals surface area contributed by atoms with Gasteiger partial charge in [0.25, 0.3) is 0 Å². The summed E-state index contributed by atoms with van der Waals surface area (Å²) in [5, 5.41) is 3.45. The highest BCUT2D eigenvalue weighted by Crippen LogP contribution is 2.46. The van der Waals surface area contributed by atoms with E-state index < -0.39 is 0 Å². The third-order valence-corrected chi connectivity index (χ3v) is 6.13. The maximum absolute atomic E-state index is 4.87. The lowest BCUT2D eigenvalue weighted by molar-refractivity contribution is -0.0667. The predicted molar refractivity (Wildman–Crippen MR) is 105 cm³/mol. The molecule has 1 aromatic heterocycles. The Hall–Kier alpha value is -1.78. The van der Waals surface area contributed by atoms with E-state index >= 15 is 0 Å². The molecule has 5 heteroatoms. The number of aromatic nitrogens is 1. The average Bonchev–Trinajstić information content (AvgIpc) is 3.12. The molecule has 0 atom stereocenters. The fourth-order valence-corrected chi connectivity index (χ4v) is 3.60. The first kappa shape index (κ1) is 18.0. The Balaban J connectivity index is 1.67. The number of aliphatic imine (C=N–C) groups is 1. The van der Waals surface area contributed by atoms with Gasteiger partial charge in [0.1, 0.15) is 5.82 Å². The van der Waals surface area contributed by atoms with Crippen molar-refractivity contribution in [1.82, 2.24) is 15.2 Å². The minimum absolute atomic E-state index is 0.117. The molecule has 2 aliphatic rings. The number of hydrogen-bond donors (Lipinski definition) is 1. The van der Waals surface area contributed by atoms with E-state index in [1.165, 1.54) is 12.8 Å². The lowest BCUT2D eigenvalue weighted by Crippen LogP contribution is -2.72. The van der Waals surface area contributed by atoms with E-state index in [1.807, 2.05) is 6.20 Å². The lowest BCUT2D eigenvalue weighted by Gasteiger charge is -2.62. The number of hydrogen-bond acceptors (Lipinski definition) is 3. The first-order chi connectivity index (χ1) is 11.8. The lowest BCUT2D eigenvalue weighted by atomic mass is 9.65. The van der Waals surface area contributed by atoms with Crippen LogP contribution < -0.4 is 10.2 Å². The first-order valence-electron chi connectivity index (χ1n) is 9.61. The number of rotatable bonds is 4. The number of anilines is 1. The van der Waals surface area contributed by atoms with Crippen molar-refractivity contribution >= 4 is 11.8 Å². The molecule has 5 nitrogen and oxygen atoms in total. The van der Waals surface area contributed by atoms with Crippen LogP contribution in [0.3, 0.4) is 0 Å². The van der Waals surface area contributed by atoms with Crippen LogP contribution in [-0.4, -0.2) is 47.6 Å². The minimum atomic E-state index is 0.117. The van der Waals surface area contributed by atoms with E-state index in [0.29, 0.717) is 12.0 Å². The van der Waals surface area contributed by atoms with Gasteiger partial charge in [0, 0.05) is 43.3 Å². The van der Waals surface area contributed by atoms with Crippen molar-refractivity contribution < 1.29 is 0 Å².